The SMILES string of the molecule is C=C(NOCC(=O)N/N=C\c1ccccc1NS(=O)(=O)c1ccc(C)cc1)c1cccs1. The molecule has 1 amide bonds. The van der Waals surface area contributed by atoms with E-state index in [9.17, 15) is 13.2 Å². The second kappa shape index (κ2) is 10.7. The Hall–Kier alpha value is -3.47. The van der Waals surface area contributed by atoms with Crippen molar-refractivity contribution in [2.24, 2.45) is 5.10 Å². The molecule has 2 aromatic carbocycles. The van der Waals surface area contributed by atoms with Crippen molar-refractivity contribution in [2.75, 3.05) is 11.3 Å². The minimum absolute atomic E-state index is 0.150. The average Bonchev–Trinajstić information content (AvgIpc) is 3.30. The molecule has 0 bridgehead atoms. The Morgan fingerprint density at radius 3 is 2.59 bits per heavy atom. The molecule has 0 fully saturated rings. The Morgan fingerprint density at radius 1 is 1.12 bits per heavy atom. The molecule has 0 spiro atoms. The van der Waals surface area contributed by atoms with Crippen LogP contribution in [0.5, 0.6) is 0 Å². The molecule has 10 heteroatoms. The molecular weight excluding hydrogens is 448 g/mol. The van der Waals surface area contributed by atoms with Crippen LogP contribution in [-0.2, 0) is 19.7 Å². The molecule has 0 atom stereocenters. The van der Waals surface area contributed by atoms with Crippen LogP contribution in [0.2, 0.25) is 0 Å². The van der Waals surface area contributed by atoms with Crippen LogP contribution in [0.25, 0.3) is 5.70 Å². The topological polar surface area (TPSA) is 109 Å². The van der Waals surface area contributed by atoms with Gasteiger partial charge in [-0.05, 0) is 36.6 Å². The third-order valence-electron chi connectivity index (χ3n) is 4.15. The van der Waals surface area contributed by atoms with Crippen LogP contribution in [0.15, 0.2) is 82.6 Å². The first-order valence-electron chi connectivity index (χ1n) is 9.46. The van der Waals surface area contributed by atoms with Crippen molar-refractivity contribution in [3.8, 4) is 0 Å². The lowest BCUT2D eigenvalue weighted by atomic mass is 10.2. The zero-order valence-corrected chi connectivity index (χ0v) is 18.9. The summed E-state index contributed by atoms with van der Waals surface area (Å²) in [5.74, 6) is -0.495. The van der Waals surface area contributed by atoms with Crippen molar-refractivity contribution in [1.29, 1.82) is 0 Å². The number of anilines is 1. The number of hydrogen-bond acceptors (Lipinski definition) is 7. The number of sulfonamides is 1. The number of benzene rings is 2. The van der Waals surface area contributed by atoms with E-state index in [2.05, 4.69) is 27.3 Å². The van der Waals surface area contributed by atoms with Gasteiger partial charge in [-0.25, -0.2) is 13.8 Å². The molecular formula is C22H22N4O4S2. The normalized spacial score (nSPS) is 11.3. The Bertz CT molecular complexity index is 1200. The maximum atomic E-state index is 12.7. The summed E-state index contributed by atoms with van der Waals surface area (Å²) in [5, 5.41) is 5.78. The van der Waals surface area contributed by atoms with Crippen LogP contribution in [0.1, 0.15) is 16.0 Å². The van der Waals surface area contributed by atoms with Crippen LogP contribution in [0.3, 0.4) is 0 Å². The Morgan fingerprint density at radius 2 is 1.88 bits per heavy atom. The highest BCUT2D eigenvalue weighted by molar-refractivity contribution is 7.92. The summed E-state index contributed by atoms with van der Waals surface area (Å²) in [7, 11) is -3.77. The lowest BCUT2D eigenvalue weighted by Gasteiger charge is -2.11. The maximum Gasteiger partial charge on any atom is 0.268 e. The molecule has 3 aromatic rings. The van der Waals surface area contributed by atoms with Gasteiger partial charge in [0.25, 0.3) is 15.9 Å². The standard InChI is InChI=1S/C22H22N4O4S2/c1-16-9-11-19(12-10-16)32(28,29)26-20-7-4-3-6-18(20)14-23-24-22(27)15-30-25-17(2)21-8-5-13-31-21/h3-14,25-26H,2,15H2,1H3,(H,24,27)/b23-14-. The average molecular weight is 471 g/mol. The molecule has 0 saturated heterocycles. The quantitative estimate of drug-likeness (QED) is 0.310. The second-order valence-corrected chi connectivity index (χ2v) is 9.28. The predicted molar refractivity (Wildman–Crippen MR) is 127 cm³/mol. The van der Waals surface area contributed by atoms with Crippen molar-refractivity contribution < 1.29 is 18.0 Å². The number of amides is 1. The number of carbonyl (C=O) groups is 1. The van der Waals surface area contributed by atoms with Gasteiger partial charge in [0.2, 0.25) is 0 Å². The summed E-state index contributed by atoms with van der Waals surface area (Å²) in [6.45, 7) is 5.41. The van der Waals surface area contributed by atoms with Crippen molar-refractivity contribution in [2.45, 2.75) is 11.8 Å². The van der Waals surface area contributed by atoms with Crippen LogP contribution < -0.4 is 15.6 Å². The number of aryl methyl sites for hydroxylation is 1. The number of nitrogens with zero attached hydrogens (tertiary/aromatic N) is 1. The fraction of sp³-hybridized carbons (Fsp3) is 0.0909. The number of para-hydroxylation sites is 1. The fourth-order valence-electron chi connectivity index (χ4n) is 2.52. The maximum absolute atomic E-state index is 12.7. The summed E-state index contributed by atoms with van der Waals surface area (Å²) in [4.78, 5) is 18.1. The van der Waals surface area contributed by atoms with Gasteiger partial charge in [0.05, 0.1) is 27.4 Å². The first kappa shape index (κ1) is 23.2. The van der Waals surface area contributed by atoms with Gasteiger partial charge in [-0.3, -0.25) is 19.8 Å². The van der Waals surface area contributed by atoms with E-state index < -0.39 is 15.9 Å². The minimum Gasteiger partial charge on any atom is -0.279 e. The highest BCUT2D eigenvalue weighted by Gasteiger charge is 2.15. The van der Waals surface area contributed by atoms with E-state index in [4.69, 9.17) is 4.84 Å². The summed E-state index contributed by atoms with van der Waals surface area (Å²) >= 11 is 1.49. The van der Waals surface area contributed by atoms with Gasteiger partial charge in [-0.2, -0.15) is 5.10 Å². The molecule has 0 radical (unpaired) electrons. The van der Waals surface area contributed by atoms with Crippen LogP contribution in [-0.4, -0.2) is 27.1 Å². The molecule has 0 aliphatic carbocycles. The minimum atomic E-state index is -3.77. The summed E-state index contributed by atoms with van der Waals surface area (Å²) in [6.07, 6.45) is 1.35. The molecule has 8 nitrogen and oxygen atoms in total. The van der Waals surface area contributed by atoms with Crippen molar-refractivity contribution in [1.82, 2.24) is 10.9 Å². The van der Waals surface area contributed by atoms with Crippen LogP contribution >= 0.6 is 11.3 Å². The third-order valence-corrected chi connectivity index (χ3v) is 6.46. The van der Waals surface area contributed by atoms with E-state index >= 15 is 0 Å². The molecule has 0 aliphatic heterocycles. The second-order valence-electron chi connectivity index (χ2n) is 6.65. The molecule has 32 heavy (non-hydrogen) atoms. The zero-order chi connectivity index (χ0) is 23.0. The lowest BCUT2D eigenvalue weighted by molar-refractivity contribution is -0.127. The molecule has 3 rings (SSSR count). The monoisotopic (exact) mass is 470 g/mol. The van der Waals surface area contributed by atoms with E-state index in [0.717, 1.165) is 10.4 Å². The number of thiophene rings is 1. The molecule has 3 N–H and O–H groups in total. The lowest BCUT2D eigenvalue weighted by Crippen LogP contribution is -2.26. The molecule has 166 valence electrons. The zero-order valence-electron chi connectivity index (χ0n) is 17.2. The van der Waals surface area contributed by atoms with E-state index in [-0.39, 0.29) is 11.5 Å². The number of hydrogen-bond donors (Lipinski definition) is 3. The van der Waals surface area contributed by atoms with E-state index in [0.29, 0.717) is 16.9 Å². The third kappa shape index (κ3) is 6.51. The van der Waals surface area contributed by atoms with Gasteiger partial charge in [-0.15, -0.1) is 11.3 Å². The van der Waals surface area contributed by atoms with Gasteiger partial charge in [-0.1, -0.05) is 48.5 Å². The van der Waals surface area contributed by atoms with Gasteiger partial charge >= 0.3 is 0 Å². The number of rotatable bonds is 10. The van der Waals surface area contributed by atoms with Gasteiger partial charge < -0.3 is 0 Å². The fourth-order valence-corrected chi connectivity index (χ4v) is 4.25. The van der Waals surface area contributed by atoms with E-state index in [1.165, 1.54) is 29.7 Å². The predicted octanol–water partition coefficient (Wildman–Crippen LogP) is 3.50. The largest absolute Gasteiger partial charge is 0.279 e. The smallest absolute Gasteiger partial charge is 0.268 e. The summed E-state index contributed by atoms with van der Waals surface area (Å²) in [6, 6.07) is 17.0. The molecule has 0 aliphatic rings. The van der Waals surface area contributed by atoms with Crippen molar-refractivity contribution in [3.05, 3.63) is 88.6 Å². The Balaban J connectivity index is 1.55. The Labute approximate surface area is 190 Å². The Kier molecular flexibility index (Phi) is 7.77. The summed E-state index contributed by atoms with van der Waals surface area (Å²) < 4.78 is 27.8. The van der Waals surface area contributed by atoms with Crippen molar-refractivity contribution in [3.63, 3.8) is 0 Å². The first-order chi connectivity index (χ1) is 15.3. The number of hydrazone groups is 1. The first-order valence-corrected chi connectivity index (χ1v) is 11.8. The van der Waals surface area contributed by atoms with Gasteiger partial charge in [0.15, 0.2) is 6.61 Å². The highest BCUT2D eigenvalue weighted by atomic mass is 32.2. The molecule has 0 saturated carbocycles. The van der Waals surface area contributed by atoms with Crippen molar-refractivity contribution >= 4 is 44.9 Å². The molecule has 0 unspecified atom stereocenters. The van der Waals surface area contributed by atoms with E-state index in [1.54, 1.807) is 36.4 Å². The van der Waals surface area contributed by atoms with Crippen LogP contribution in [0, 0.1) is 6.92 Å². The highest BCUT2D eigenvalue weighted by Crippen LogP contribution is 2.19. The number of hydroxylamine groups is 1. The number of carbonyl (C=O) groups excluding carboxylic acids is 1. The number of nitrogens with one attached hydrogen (secondary N) is 3. The molecule has 1 heterocycles. The summed E-state index contributed by atoms with van der Waals surface area (Å²) in [5.41, 5.74) is 7.25. The molecule has 1 aromatic heterocycles. The van der Waals surface area contributed by atoms with Gasteiger partial charge in [0, 0.05) is 5.56 Å². The van der Waals surface area contributed by atoms with Crippen LogP contribution in [0.4, 0.5) is 5.69 Å². The van der Waals surface area contributed by atoms with Gasteiger partial charge in [0.1, 0.15) is 0 Å². The van der Waals surface area contributed by atoms with E-state index in [1.807, 2.05) is 24.4 Å².